The molecule has 106 valence electrons. The molecule has 2 aliphatic heterocycles. The van der Waals surface area contributed by atoms with E-state index in [9.17, 15) is 4.79 Å². The number of carbonyl (C=O) groups excluding carboxylic acids is 1. The molecule has 1 aromatic carbocycles. The Hall–Kier alpha value is -1.73. The minimum Gasteiger partial charge on any atom is -0.465 e. The van der Waals surface area contributed by atoms with Crippen molar-refractivity contribution < 1.29 is 28.8 Å². The molecule has 0 N–H and O–H groups in total. The molecule has 2 aliphatic rings. The number of aryl methyl sites for hydroxylation is 1. The van der Waals surface area contributed by atoms with Gasteiger partial charge in [0.1, 0.15) is 5.57 Å². The normalized spacial score (nSPS) is 31.2. The summed E-state index contributed by atoms with van der Waals surface area (Å²) in [5.74, 6) is -3.57. The molecular weight excluding hydrogens is 264 g/mol. The summed E-state index contributed by atoms with van der Waals surface area (Å²) < 4.78 is 15.6. The highest BCUT2D eigenvalue weighted by Crippen LogP contribution is 2.52. The quantitative estimate of drug-likeness (QED) is 0.617. The van der Waals surface area contributed by atoms with Crippen LogP contribution in [-0.2, 0) is 34.6 Å². The van der Waals surface area contributed by atoms with E-state index in [1.807, 2.05) is 31.2 Å². The van der Waals surface area contributed by atoms with E-state index >= 15 is 0 Å². The van der Waals surface area contributed by atoms with Crippen LogP contribution in [0.2, 0.25) is 0 Å². The molecule has 6 nitrogen and oxygen atoms in total. The number of methoxy groups -OCH3 is 2. The molecule has 2 heterocycles. The highest BCUT2D eigenvalue weighted by atomic mass is 17.3. The van der Waals surface area contributed by atoms with Gasteiger partial charge >= 0.3 is 11.9 Å². The molecule has 0 spiro atoms. The van der Waals surface area contributed by atoms with Crippen LogP contribution in [-0.4, -0.2) is 26.2 Å². The average Bonchev–Trinajstić information content (AvgIpc) is 3.02. The predicted molar refractivity (Wildman–Crippen MR) is 66.0 cm³/mol. The smallest absolute Gasteiger partial charge is 0.350 e. The SMILES string of the molecule is COC(=O)C1=CC2(c3ccc(C)cc3)OOC1(OC)O2. The van der Waals surface area contributed by atoms with E-state index < -0.39 is 17.7 Å². The van der Waals surface area contributed by atoms with Crippen LogP contribution in [0.3, 0.4) is 0 Å². The standard InChI is InChI=1S/C14H14O6/c1-9-4-6-10(7-5-9)13-8-11(12(15)16-2)14(17-3,18-13)20-19-13/h4-8H,1-3H3. The largest absolute Gasteiger partial charge is 0.465 e. The van der Waals surface area contributed by atoms with Gasteiger partial charge in [-0.2, -0.15) is 9.78 Å². The lowest BCUT2D eigenvalue weighted by atomic mass is 10.0. The number of benzene rings is 1. The van der Waals surface area contributed by atoms with E-state index in [-0.39, 0.29) is 5.57 Å². The molecule has 0 aromatic heterocycles. The maximum absolute atomic E-state index is 11.8. The number of ether oxygens (including phenoxy) is 3. The Morgan fingerprint density at radius 2 is 1.85 bits per heavy atom. The van der Waals surface area contributed by atoms with Crippen LogP contribution in [0.4, 0.5) is 0 Å². The molecule has 0 radical (unpaired) electrons. The van der Waals surface area contributed by atoms with Crippen molar-refractivity contribution in [3.63, 3.8) is 0 Å². The Morgan fingerprint density at radius 1 is 1.15 bits per heavy atom. The Morgan fingerprint density at radius 3 is 2.45 bits per heavy atom. The zero-order chi connectivity index (χ0) is 14.4. The van der Waals surface area contributed by atoms with Gasteiger partial charge in [0.2, 0.25) is 0 Å². The van der Waals surface area contributed by atoms with E-state index in [1.165, 1.54) is 20.3 Å². The average molecular weight is 278 g/mol. The summed E-state index contributed by atoms with van der Waals surface area (Å²) in [5, 5.41) is 0. The third-order valence-corrected chi connectivity index (χ3v) is 3.35. The van der Waals surface area contributed by atoms with Crippen LogP contribution in [0.1, 0.15) is 11.1 Å². The zero-order valence-electron chi connectivity index (χ0n) is 11.3. The Kier molecular flexibility index (Phi) is 2.91. The second-order valence-corrected chi connectivity index (χ2v) is 4.61. The summed E-state index contributed by atoms with van der Waals surface area (Å²) in [6.07, 6.45) is 1.51. The van der Waals surface area contributed by atoms with E-state index in [4.69, 9.17) is 24.0 Å². The fourth-order valence-corrected chi connectivity index (χ4v) is 2.24. The summed E-state index contributed by atoms with van der Waals surface area (Å²) in [5.41, 5.74) is 1.91. The zero-order valence-corrected chi connectivity index (χ0v) is 11.3. The van der Waals surface area contributed by atoms with Gasteiger partial charge in [-0.05, 0) is 6.92 Å². The molecule has 1 aromatic rings. The number of hydrogen-bond acceptors (Lipinski definition) is 6. The van der Waals surface area contributed by atoms with Gasteiger partial charge in [0.05, 0.1) is 7.11 Å². The maximum atomic E-state index is 11.8. The maximum Gasteiger partial charge on any atom is 0.350 e. The van der Waals surface area contributed by atoms with E-state index in [1.54, 1.807) is 0 Å². The Labute approximate surface area is 115 Å². The van der Waals surface area contributed by atoms with Gasteiger partial charge in [0, 0.05) is 18.7 Å². The lowest BCUT2D eigenvalue weighted by molar-refractivity contribution is -0.399. The number of carbonyl (C=O) groups is 1. The molecule has 2 bridgehead atoms. The second-order valence-electron chi connectivity index (χ2n) is 4.61. The first-order chi connectivity index (χ1) is 9.55. The minimum atomic E-state index is -1.68. The Bertz CT molecular complexity index is 578. The minimum absolute atomic E-state index is 0.120. The van der Waals surface area contributed by atoms with Crippen molar-refractivity contribution in [3.8, 4) is 0 Å². The first-order valence-electron chi connectivity index (χ1n) is 6.06. The van der Waals surface area contributed by atoms with Crippen molar-refractivity contribution in [3.05, 3.63) is 47.0 Å². The van der Waals surface area contributed by atoms with Gasteiger partial charge in [-0.3, -0.25) is 4.74 Å². The van der Waals surface area contributed by atoms with Crippen molar-refractivity contribution >= 4 is 5.97 Å². The van der Waals surface area contributed by atoms with Gasteiger partial charge < -0.3 is 9.47 Å². The van der Waals surface area contributed by atoms with Crippen molar-refractivity contribution in [1.82, 2.24) is 0 Å². The van der Waals surface area contributed by atoms with Crippen LogP contribution >= 0.6 is 0 Å². The number of fused-ring (bicyclic) bond motifs is 2. The summed E-state index contributed by atoms with van der Waals surface area (Å²) in [4.78, 5) is 22.2. The van der Waals surface area contributed by atoms with Crippen molar-refractivity contribution in [2.24, 2.45) is 0 Å². The fourth-order valence-electron chi connectivity index (χ4n) is 2.24. The monoisotopic (exact) mass is 278 g/mol. The van der Waals surface area contributed by atoms with Gasteiger partial charge in [0.15, 0.2) is 0 Å². The molecule has 20 heavy (non-hydrogen) atoms. The molecule has 1 saturated heterocycles. The highest BCUT2D eigenvalue weighted by molar-refractivity contribution is 5.91. The van der Waals surface area contributed by atoms with Gasteiger partial charge in [-0.15, -0.1) is 0 Å². The summed E-state index contributed by atoms with van der Waals surface area (Å²) >= 11 is 0. The predicted octanol–water partition coefficient (Wildman–Crippen LogP) is 1.54. The van der Waals surface area contributed by atoms with Crippen molar-refractivity contribution in [2.75, 3.05) is 14.2 Å². The molecule has 2 atom stereocenters. The van der Waals surface area contributed by atoms with Gasteiger partial charge in [-0.1, -0.05) is 29.8 Å². The highest BCUT2D eigenvalue weighted by Gasteiger charge is 2.64. The fraction of sp³-hybridized carbons (Fsp3) is 0.357. The van der Waals surface area contributed by atoms with Crippen molar-refractivity contribution in [2.45, 2.75) is 18.7 Å². The molecule has 6 heteroatoms. The third-order valence-electron chi connectivity index (χ3n) is 3.35. The molecular formula is C14H14O6. The lowest BCUT2D eigenvalue weighted by Gasteiger charge is -2.20. The summed E-state index contributed by atoms with van der Waals surface area (Å²) in [6.45, 7) is 1.97. The molecule has 0 amide bonds. The van der Waals surface area contributed by atoms with Crippen LogP contribution < -0.4 is 0 Å². The molecule has 2 unspecified atom stereocenters. The summed E-state index contributed by atoms with van der Waals surface area (Å²) in [7, 11) is 2.63. The first-order valence-corrected chi connectivity index (χ1v) is 6.06. The Balaban J connectivity index is 2.06. The van der Waals surface area contributed by atoms with Gasteiger partial charge in [0.25, 0.3) is 5.79 Å². The van der Waals surface area contributed by atoms with E-state index in [0.29, 0.717) is 5.56 Å². The van der Waals surface area contributed by atoms with Crippen LogP contribution in [0.25, 0.3) is 0 Å². The lowest BCUT2D eigenvalue weighted by Crippen LogP contribution is -2.36. The van der Waals surface area contributed by atoms with Crippen LogP contribution in [0.15, 0.2) is 35.9 Å². The molecule has 0 saturated carbocycles. The molecule has 3 rings (SSSR count). The van der Waals surface area contributed by atoms with Crippen molar-refractivity contribution in [1.29, 1.82) is 0 Å². The number of esters is 1. The van der Waals surface area contributed by atoms with Crippen LogP contribution in [0, 0.1) is 6.92 Å². The molecule has 1 fully saturated rings. The van der Waals surface area contributed by atoms with E-state index in [2.05, 4.69) is 0 Å². The first kappa shape index (κ1) is 13.3. The van der Waals surface area contributed by atoms with E-state index in [0.717, 1.165) is 5.56 Å². The number of hydrogen-bond donors (Lipinski definition) is 0. The summed E-state index contributed by atoms with van der Waals surface area (Å²) in [6, 6.07) is 7.49. The number of rotatable bonds is 3. The van der Waals surface area contributed by atoms with Gasteiger partial charge in [-0.25, -0.2) is 4.79 Å². The second kappa shape index (κ2) is 4.39. The van der Waals surface area contributed by atoms with Crippen LogP contribution in [0.5, 0.6) is 0 Å². The third kappa shape index (κ3) is 1.70. The topological polar surface area (TPSA) is 63.2 Å². The molecule has 0 aliphatic carbocycles.